The summed E-state index contributed by atoms with van der Waals surface area (Å²) in [5.41, 5.74) is 2.86. The zero-order valence-corrected chi connectivity index (χ0v) is 19.6. The van der Waals surface area contributed by atoms with Crippen LogP contribution in [0, 0.1) is 6.92 Å². The van der Waals surface area contributed by atoms with Gasteiger partial charge < -0.3 is 25.0 Å². The molecule has 3 aromatic rings. The van der Waals surface area contributed by atoms with E-state index in [2.05, 4.69) is 10.6 Å². The van der Waals surface area contributed by atoms with Crippen molar-refractivity contribution < 1.29 is 19.1 Å². The monoisotopic (exact) mass is 479 g/mol. The molecule has 0 atom stereocenters. The first-order valence-electron chi connectivity index (χ1n) is 11.1. The van der Waals surface area contributed by atoms with Gasteiger partial charge in [-0.15, -0.1) is 0 Å². The molecular weight excluding hydrogens is 454 g/mol. The van der Waals surface area contributed by atoms with Crippen LogP contribution in [-0.4, -0.2) is 31.7 Å². The summed E-state index contributed by atoms with van der Waals surface area (Å²) in [7, 11) is 0. The summed E-state index contributed by atoms with van der Waals surface area (Å²) in [5, 5.41) is 6.06. The van der Waals surface area contributed by atoms with E-state index in [-0.39, 0.29) is 12.5 Å². The second kappa shape index (κ2) is 10.9. The number of ether oxygens (including phenoxy) is 2. The van der Waals surface area contributed by atoms with Gasteiger partial charge in [0.25, 0.3) is 5.91 Å². The molecule has 0 radical (unpaired) electrons. The number of unbranched alkanes of at least 4 members (excludes halogenated alkanes) is 1. The van der Waals surface area contributed by atoms with Gasteiger partial charge in [0.1, 0.15) is 11.5 Å². The normalized spacial score (nSPS) is 12.5. The second-order valence-electron chi connectivity index (χ2n) is 7.93. The minimum Gasteiger partial charge on any atom is -0.493 e. The van der Waals surface area contributed by atoms with Gasteiger partial charge in [-0.1, -0.05) is 35.9 Å². The Morgan fingerprint density at radius 2 is 1.82 bits per heavy atom. The van der Waals surface area contributed by atoms with Crippen LogP contribution in [0.4, 0.5) is 21.9 Å². The number of fused-ring (bicyclic) bond motifs is 1. The minimum absolute atomic E-state index is 0.00522. The number of hydrogen-bond acceptors (Lipinski definition) is 4. The van der Waals surface area contributed by atoms with E-state index in [0.29, 0.717) is 41.0 Å². The lowest BCUT2D eigenvalue weighted by Gasteiger charge is -2.30. The van der Waals surface area contributed by atoms with Crippen LogP contribution in [0.2, 0.25) is 5.02 Å². The van der Waals surface area contributed by atoms with Crippen LogP contribution in [0.25, 0.3) is 0 Å². The number of urea groups is 1. The fourth-order valence-corrected chi connectivity index (χ4v) is 3.85. The summed E-state index contributed by atoms with van der Waals surface area (Å²) in [6.07, 6.45) is 1.57. The fraction of sp³-hybridized carbons (Fsp3) is 0.231. The molecule has 0 saturated carbocycles. The topological polar surface area (TPSA) is 79.9 Å². The Bertz CT molecular complexity index is 1180. The average molecular weight is 480 g/mol. The number of amides is 3. The molecule has 176 valence electrons. The molecular formula is C26H26ClN3O4. The van der Waals surface area contributed by atoms with Crippen LogP contribution in [0.15, 0.2) is 66.7 Å². The van der Waals surface area contributed by atoms with Gasteiger partial charge in [0.2, 0.25) is 0 Å². The molecule has 2 N–H and O–H groups in total. The number of anilines is 3. The summed E-state index contributed by atoms with van der Waals surface area (Å²) in [6, 6.07) is 19.6. The van der Waals surface area contributed by atoms with Crippen molar-refractivity contribution in [3.63, 3.8) is 0 Å². The summed E-state index contributed by atoms with van der Waals surface area (Å²) in [6.45, 7) is 3.11. The largest absolute Gasteiger partial charge is 0.493 e. The molecule has 0 bridgehead atoms. The van der Waals surface area contributed by atoms with Crippen LogP contribution in [0.1, 0.15) is 18.4 Å². The number of nitrogens with zero attached hydrogens (tertiary/aromatic N) is 1. The van der Waals surface area contributed by atoms with Crippen molar-refractivity contribution in [3.8, 4) is 11.5 Å². The predicted molar refractivity (Wildman–Crippen MR) is 134 cm³/mol. The first-order chi connectivity index (χ1) is 16.5. The number of carbonyl (C=O) groups excluding carboxylic acids is 2. The van der Waals surface area contributed by atoms with Gasteiger partial charge in [0, 0.05) is 22.9 Å². The van der Waals surface area contributed by atoms with Crippen molar-refractivity contribution in [2.45, 2.75) is 19.8 Å². The van der Waals surface area contributed by atoms with Gasteiger partial charge in [-0.2, -0.15) is 0 Å². The Kier molecular flexibility index (Phi) is 7.54. The van der Waals surface area contributed by atoms with E-state index in [1.807, 2.05) is 31.2 Å². The average Bonchev–Trinajstić information content (AvgIpc) is 2.81. The number of para-hydroxylation sites is 1. The quantitative estimate of drug-likeness (QED) is 0.395. The number of carbonyl (C=O) groups is 2. The fourth-order valence-electron chi connectivity index (χ4n) is 3.66. The van der Waals surface area contributed by atoms with Crippen LogP contribution in [-0.2, 0) is 4.79 Å². The molecule has 1 aliphatic heterocycles. The first-order valence-corrected chi connectivity index (χ1v) is 11.5. The molecule has 7 nitrogen and oxygen atoms in total. The van der Waals surface area contributed by atoms with Crippen molar-refractivity contribution in [1.82, 2.24) is 0 Å². The molecule has 8 heteroatoms. The molecule has 0 saturated heterocycles. The smallest absolute Gasteiger partial charge is 0.323 e. The highest BCUT2D eigenvalue weighted by molar-refractivity contribution is 6.30. The van der Waals surface area contributed by atoms with E-state index >= 15 is 0 Å². The van der Waals surface area contributed by atoms with Gasteiger partial charge in [-0.05, 0) is 67.8 Å². The first kappa shape index (κ1) is 23.4. The Balaban J connectivity index is 1.35. The number of rotatable bonds is 8. The molecule has 0 fully saturated rings. The lowest BCUT2D eigenvalue weighted by atomic mass is 10.2. The minimum atomic E-state index is -0.412. The van der Waals surface area contributed by atoms with Crippen molar-refractivity contribution >= 4 is 40.6 Å². The summed E-state index contributed by atoms with van der Waals surface area (Å²) < 4.78 is 11.4. The lowest BCUT2D eigenvalue weighted by molar-refractivity contribution is -0.121. The SMILES string of the molecule is Cc1ccccc1OCCCCN1C(=O)COc2ccc(NC(=O)Nc3cccc(Cl)c3)cc21. The highest BCUT2D eigenvalue weighted by Crippen LogP contribution is 2.35. The van der Waals surface area contributed by atoms with Crippen LogP contribution in [0.5, 0.6) is 11.5 Å². The Labute approximate surface area is 203 Å². The molecule has 4 rings (SSSR count). The van der Waals surface area contributed by atoms with Crippen LogP contribution < -0.4 is 25.0 Å². The van der Waals surface area contributed by atoms with Crippen LogP contribution >= 0.6 is 11.6 Å². The van der Waals surface area contributed by atoms with Gasteiger partial charge in [-0.25, -0.2) is 4.79 Å². The standard InChI is InChI=1S/C26H26ClN3O4/c1-18-7-2-3-10-23(18)33-14-5-4-13-30-22-16-21(11-12-24(22)34-17-25(30)31)29-26(32)28-20-9-6-8-19(27)15-20/h2-3,6-12,15-16H,4-5,13-14,17H2,1H3,(H2,28,29,32). The number of hydrogen-bond donors (Lipinski definition) is 2. The zero-order valence-electron chi connectivity index (χ0n) is 18.8. The third-order valence-corrected chi connectivity index (χ3v) is 5.60. The third kappa shape index (κ3) is 5.99. The van der Waals surface area contributed by atoms with E-state index in [9.17, 15) is 9.59 Å². The van der Waals surface area contributed by atoms with E-state index in [4.69, 9.17) is 21.1 Å². The van der Waals surface area contributed by atoms with Crippen molar-refractivity contribution in [2.75, 3.05) is 35.3 Å². The van der Waals surface area contributed by atoms with Crippen molar-refractivity contribution in [3.05, 3.63) is 77.3 Å². The van der Waals surface area contributed by atoms with Gasteiger partial charge in [0.15, 0.2) is 6.61 Å². The number of aryl methyl sites for hydroxylation is 1. The Morgan fingerprint density at radius 1 is 1.03 bits per heavy atom. The van der Waals surface area contributed by atoms with E-state index in [1.54, 1.807) is 47.4 Å². The maximum absolute atomic E-state index is 12.6. The molecule has 3 amide bonds. The van der Waals surface area contributed by atoms with Gasteiger partial charge in [-0.3, -0.25) is 4.79 Å². The van der Waals surface area contributed by atoms with Gasteiger partial charge in [0.05, 0.1) is 12.3 Å². The highest BCUT2D eigenvalue weighted by Gasteiger charge is 2.25. The molecule has 1 heterocycles. The maximum Gasteiger partial charge on any atom is 0.323 e. The summed E-state index contributed by atoms with van der Waals surface area (Å²) >= 11 is 5.97. The third-order valence-electron chi connectivity index (χ3n) is 5.37. The maximum atomic E-state index is 12.6. The highest BCUT2D eigenvalue weighted by atomic mass is 35.5. The molecule has 0 unspecified atom stereocenters. The van der Waals surface area contributed by atoms with Gasteiger partial charge >= 0.3 is 6.03 Å². The molecule has 0 spiro atoms. The summed E-state index contributed by atoms with van der Waals surface area (Å²) in [4.78, 5) is 26.7. The molecule has 3 aromatic carbocycles. The number of halogens is 1. The Hall–Kier alpha value is -3.71. The molecule has 1 aliphatic rings. The number of nitrogens with one attached hydrogen (secondary N) is 2. The molecule has 0 aromatic heterocycles. The van der Waals surface area contributed by atoms with Crippen molar-refractivity contribution in [2.24, 2.45) is 0 Å². The zero-order chi connectivity index (χ0) is 23.9. The Morgan fingerprint density at radius 3 is 2.62 bits per heavy atom. The molecule has 0 aliphatic carbocycles. The molecule has 34 heavy (non-hydrogen) atoms. The summed E-state index contributed by atoms with van der Waals surface area (Å²) in [5.74, 6) is 1.37. The predicted octanol–water partition coefficient (Wildman–Crippen LogP) is 5.88. The van der Waals surface area contributed by atoms with E-state index in [1.165, 1.54) is 0 Å². The van der Waals surface area contributed by atoms with E-state index < -0.39 is 6.03 Å². The van der Waals surface area contributed by atoms with Crippen LogP contribution in [0.3, 0.4) is 0 Å². The van der Waals surface area contributed by atoms with Crippen molar-refractivity contribution in [1.29, 1.82) is 0 Å². The number of benzene rings is 3. The lowest BCUT2D eigenvalue weighted by Crippen LogP contribution is -2.39. The van der Waals surface area contributed by atoms with E-state index in [0.717, 1.165) is 24.2 Å². The second-order valence-corrected chi connectivity index (χ2v) is 8.36.